The first kappa shape index (κ1) is 14.3. The minimum atomic E-state index is -0.852. The summed E-state index contributed by atoms with van der Waals surface area (Å²) in [6.45, 7) is 1.57. The van der Waals surface area contributed by atoms with Crippen molar-refractivity contribution >= 4 is 18.0 Å². The smallest absolute Gasteiger partial charge is 0.151 e. The zero-order valence-corrected chi connectivity index (χ0v) is 11.9. The van der Waals surface area contributed by atoms with Crippen LogP contribution in [0, 0.1) is 0 Å². The third-order valence-corrected chi connectivity index (χ3v) is 4.31. The lowest BCUT2D eigenvalue weighted by molar-refractivity contribution is 0.0222. The summed E-state index contributed by atoms with van der Waals surface area (Å²) in [7, 11) is 0. The topological polar surface area (TPSA) is 57.5 Å². The van der Waals surface area contributed by atoms with Gasteiger partial charge in [-0.15, -0.1) is 11.8 Å². The molecule has 1 aromatic rings. The molecule has 0 saturated carbocycles. The minimum Gasteiger partial charge on any atom is -0.391 e. The van der Waals surface area contributed by atoms with Gasteiger partial charge in [0.15, 0.2) is 6.29 Å². The molecule has 4 heteroatoms. The van der Waals surface area contributed by atoms with E-state index in [1.54, 1.807) is 18.7 Å². The summed E-state index contributed by atoms with van der Waals surface area (Å²) in [5, 5.41) is 19.7. The minimum absolute atomic E-state index is 0.252. The number of thioether (sulfide) groups is 1. The molecular weight excluding hydrogens is 260 g/mol. The summed E-state index contributed by atoms with van der Waals surface area (Å²) in [5.74, 6) is -0.252. The number of rotatable bonds is 4. The largest absolute Gasteiger partial charge is 0.391 e. The van der Waals surface area contributed by atoms with Crippen LogP contribution in [0.25, 0.3) is 0 Å². The summed E-state index contributed by atoms with van der Waals surface area (Å²) >= 11 is 1.54. The average molecular weight is 278 g/mol. The van der Waals surface area contributed by atoms with Crippen LogP contribution in [0.4, 0.5) is 0 Å². The van der Waals surface area contributed by atoms with Crippen molar-refractivity contribution in [3.8, 4) is 0 Å². The Morgan fingerprint density at radius 3 is 2.74 bits per heavy atom. The Morgan fingerprint density at radius 2 is 2.16 bits per heavy atom. The van der Waals surface area contributed by atoms with Crippen molar-refractivity contribution in [2.24, 2.45) is 0 Å². The van der Waals surface area contributed by atoms with Crippen molar-refractivity contribution in [2.75, 3.05) is 6.26 Å². The van der Waals surface area contributed by atoms with Gasteiger partial charge in [0.1, 0.15) is 0 Å². The number of hydrogen-bond donors (Lipinski definition) is 2. The Morgan fingerprint density at radius 1 is 1.42 bits per heavy atom. The van der Waals surface area contributed by atoms with Crippen LogP contribution in [-0.2, 0) is 6.42 Å². The first-order valence-corrected chi connectivity index (χ1v) is 7.49. The number of allylic oxidation sites excluding steroid dienone is 1. The number of aldehydes is 1. The summed E-state index contributed by atoms with van der Waals surface area (Å²) < 4.78 is 0. The maximum absolute atomic E-state index is 11.1. The van der Waals surface area contributed by atoms with Crippen molar-refractivity contribution in [3.05, 3.63) is 41.0 Å². The second-order valence-corrected chi connectivity index (χ2v) is 5.65. The number of aliphatic hydroxyl groups excluding tert-OH is 2. The molecule has 0 amide bonds. The highest BCUT2D eigenvalue weighted by Gasteiger charge is 2.27. The summed E-state index contributed by atoms with van der Waals surface area (Å²) in [4.78, 5) is 12.1. The molecule has 0 heterocycles. The highest BCUT2D eigenvalue weighted by atomic mass is 32.2. The van der Waals surface area contributed by atoms with E-state index in [-0.39, 0.29) is 5.92 Å². The highest BCUT2D eigenvalue weighted by molar-refractivity contribution is 7.98. The normalized spacial score (nSPS) is 20.7. The van der Waals surface area contributed by atoms with Crippen LogP contribution in [0.3, 0.4) is 0 Å². The van der Waals surface area contributed by atoms with Crippen molar-refractivity contribution in [1.29, 1.82) is 0 Å². The van der Waals surface area contributed by atoms with E-state index in [0.717, 1.165) is 28.7 Å². The lowest BCUT2D eigenvalue weighted by Crippen LogP contribution is -2.30. The molecule has 3 nitrogen and oxygen atoms in total. The molecule has 1 aliphatic carbocycles. The third-order valence-electron chi connectivity index (χ3n) is 3.52. The van der Waals surface area contributed by atoms with Gasteiger partial charge in [0.2, 0.25) is 0 Å². The first-order chi connectivity index (χ1) is 9.08. The SMILES string of the molecule is CSc1cc2c(cc1C=O)C(C(O)C(C)O)C=CC2. The molecule has 1 aromatic carbocycles. The summed E-state index contributed by atoms with van der Waals surface area (Å²) in [6, 6.07) is 3.85. The molecule has 0 aromatic heterocycles. The Hall–Kier alpha value is -1.10. The highest BCUT2D eigenvalue weighted by Crippen LogP contribution is 2.34. The number of aliphatic hydroxyl groups is 2. The standard InChI is InChI=1S/C15H18O3S/c1-9(17)15(18)12-5-3-4-10-7-14(19-2)11(8-16)6-13(10)12/h3,5-9,12,15,17-18H,4H2,1-2H3. The lowest BCUT2D eigenvalue weighted by Gasteiger charge is -2.28. The van der Waals surface area contributed by atoms with E-state index in [0.29, 0.717) is 5.56 Å². The fraction of sp³-hybridized carbons (Fsp3) is 0.400. The molecule has 0 bridgehead atoms. The molecule has 0 saturated heterocycles. The van der Waals surface area contributed by atoms with Crippen LogP contribution in [0.15, 0.2) is 29.2 Å². The van der Waals surface area contributed by atoms with E-state index in [1.807, 2.05) is 30.5 Å². The van der Waals surface area contributed by atoms with E-state index in [1.165, 1.54) is 0 Å². The van der Waals surface area contributed by atoms with Gasteiger partial charge >= 0.3 is 0 Å². The first-order valence-electron chi connectivity index (χ1n) is 6.27. The van der Waals surface area contributed by atoms with E-state index in [4.69, 9.17) is 0 Å². The maximum Gasteiger partial charge on any atom is 0.151 e. The molecule has 19 heavy (non-hydrogen) atoms. The van der Waals surface area contributed by atoms with Gasteiger partial charge in [0.05, 0.1) is 12.2 Å². The van der Waals surface area contributed by atoms with Gasteiger partial charge < -0.3 is 10.2 Å². The van der Waals surface area contributed by atoms with Crippen LogP contribution in [0.2, 0.25) is 0 Å². The molecule has 0 spiro atoms. The molecule has 0 radical (unpaired) electrons. The molecular formula is C15H18O3S. The van der Waals surface area contributed by atoms with Crippen LogP contribution in [0.5, 0.6) is 0 Å². The lowest BCUT2D eigenvalue weighted by atomic mass is 9.82. The fourth-order valence-corrected chi connectivity index (χ4v) is 3.06. The third kappa shape index (κ3) is 2.76. The number of carbonyl (C=O) groups excluding carboxylic acids is 1. The van der Waals surface area contributed by atoms with Gasteiger partial charge in [-0.05, 0) is 42.9 Å². The molecule has 0 aliphatic heterocycles. The Bertz CT molecular complexity index is 508. The second kappa shape index (κ2) is 5.90. The average Bonchev–Trinajstić information content (AvgIpc) is 2.44. The predicted octanol–water partition coefficient (Wildman–Crippen LogP) is 2.16. The Labute approximate surface area is 117 Å². The summed E-state index contributed by atoms with van der Waals surface area (Å²) in [6.07, 6.45) is 5.84. The van der Waals surface area contributed by atoms with Crippen molar-refractivity contribution in [2.45, 2.75) is 36.4 Å². The van der Waals surface area contributed by atoms with Crippen LogP contribution < -0.4 is 0 Å². The Balaban J connectivity index is 2.48. The van der Waals surface area contributed by atoms with Gasteiger partial charge in [-0.1, -0.05) is 12.2 Å². The maximum atomic E-state index is 11.1. The quantitative estimate of drug-likeness (QED) is 0.503. The predicted molar refractivity (Wildman–Crippen MR) is 76.9 cm³/mol. The second-order valence-electron chi connectivity index (χ2n) is 4.80. The number of fused-ring (bicyclic) bond motifs is 1. The van der Waals surface area contributed by atoms with E-state index in [2.05, 4.69) is 0 Å². The van der Waals surface area contributed by atoms with Crippen molar-refractivity contribution in [1.82, 2.24) is 0 Å². The van der Waals surface area contributed by atoms with Crippen molar-refractivity contribution < 1.29 is 15.0 Å². The number of benzene rings is 1. The molecule has 2 N–H and O–H groups in total. The fourth-order valence-electron chi connectivity index (χ4n) is 2.46. The number of carbonyl (C=O) groups is 1. The van der Waals surface area contributed by atoms with E-state index in [9.17, 15) is 15.0 Å². The van der Waals surface area contributed by atoms with Crippen molar-refractivity contribution in [3.63, 3.8) is 0 Å². The van der Waals surface area contributed by atoms with E-state index < -0.39 is 12.2 Å². The van der Waals surface area contributed by atoms with Crippen LogP contribution >= 0.6 is 11.8 Å². The molecule has 1 aliphatic rings. The van der Waals surface area contributed by atoms with Gasteiger partial charge in [-0.2, -0.15) is 0 Å². The van der Waals surface area contributed by atoms with Crippen LogP contribution in [0.1, 0.15) is 34.3 Å². The van der Waals surface area contributed by atoms with Gasteiger partial charge in [0.25, 0.3) is 0 Å². The summed E-state index contributed by atoms with van der Waals surface area (Å²) in [5.41, 5.74) is 2.70. The molecule has 3 unspecified atom stereocenters. The van der Waals surface area contributed by atoms with Crippen LogP contribution in [-0.4, -0.2) is 35.0 Å². The molecule has 2 rings (SSSR count). The van der Waals surface area contributed by atoms with Gasteiger partial charge in [-0.3, -0.25) is 4.79 Å². The molecule has 3 atom stereocenters. The van der Waals surface area contributed by atoms with Gasteiger partial charge in [0, 0.05) is 16.4 Å². The zero-order chi connectivity index (χ0) is 14.0. The number of hydrogen-bond acceptors (Lipinski definition) is 4. The van der Waals surface area contributed by atoms with Gasteiger partial charge in [-0.25, -0.2) is 0 Å². The monoisotopic (exact) mass is 278 g/mol. The van der Waals surface area contributed by atoms with E-state index >= 15 is 0 Å². The Kier molecular flexibility index (Phi) is 4.45. The zero-order valence-electron chi connectivity index (χ0n) is 11.0. The molecule has 0 fully saturated rings. The molecule has 102 valence electrons.